The van der Waals surface area contributed by atoms with Crippen LogP contribution in [0.5, 0.6) is 0 Å². The topological polar surface area (TPSA) is 55.2 Å². The van der Waals surface area contributed by atoms with Gasteiger partial charge in [0.15, 0.2) is 0 Å². The van der Waals surface area contributed by atoms with Gasteiger partial charge in [-0.05, 0) is 24.5 Å². The molecule has 0 aliphatic heterocycles. The van der Waals surface area contributed by atoms with Gasteiger partial charge in [0, 0.05) is 6.54 Å². The summed E-state index contributed by atoms with van der Waals surface area (Å²) in [6.45, 7) is 5.11. The van der Waals surface area contributed by atoms with E-state index in [1.165, 1.54) is 31.4 Å². The van der Waals surface area contributed by atoms with E-state index >= 15 is 0 Å². The van der Waals surface area contributed by atoms with Gasteiger partial charge in [0.25, 0.3) is 5.69 Å². The van der Waals surface area contributed by atoms with Crippen molar-refractivity contribution in [2.24, 2.45) is 5.92 Å². The van der Waals surface area contributed by atoms with Crippen LogP contribution >= 0.6 is 0 Å². The van der Waals surface area contributed by atoms with E-state index in [1.54, 1.807) is 0 Å². The summed E-state index contributed by atoms with van der Waals surface area (Å²) in [5, 5.41) is 13.8. The molecule has 0 unspecified atom stereocenters. The van der Waals surface area contributed by atoms with E-state index in [0.29, 0.717) is 12.2 Å². The summed E-state index contributed by atoms with van der Waals surface area (Å²) in [6, 6.07) is 3.61. The Morgan fingerprint density at radius 3 is 2.60 bits per heavy atom. The quantitative estimate of drug-likeness (QED) is 0.404. The lowest BCUT2D eigenvalue weighted by atomic mass is 10.0. The zero-order valence-electron chi connectivity index (χ0n) is 12.2. The Balaban J connectivity index is 2.30. The van der Waals surface area contributed by atoms with Gasteiger partial charge in [-0.3, -0.25) is 10.1 Å². The number of nitrogens with zero attached hydrogens (tertiary/aromatic N) is 1. The lowest BCUT2D eigenvalue weighted by molar-refractivity contribution is -0.384. The average Bonchev–Trinajstić information content (AvgIpc) is 2.38. The van der Waals surface area contributed by atoms with Crippen LogP contribution in [0.1, 0.15) is 46.0 Å². The normalized spacial score (nSPS) is 10.8. The van der Waals surface area contributed by atoms with Crippen molar-refractivity contribution < 1.29 is 9.31 Å². The predicted molar refractivity (Wildman–Crippen MR) is 79.5 cm³/mol. The molecule has 5 heteroatoms. The second-order valence-corrected chi connectivity index (χ2v) is 5.44. The van der Waals surface area contributed by atoms with Crippen molar-refractivity contribution >= 4 is 11.4 Å². The summed E-state index contributed by atoms with van der Waals surface area (Å²) in [5.74, 6) is 0.158. The molecule has 112 valence electrons. The zero-order chi connectivity index (χ0) is 15.0. The number of hydrogen-bond acceptors (Lipinski definition) is 3. The van der Waals surface area contributed by atoms with Gasteiger partial charge in [0.2, 0.25) is 0 Å². The molecule has 0 amide bonds. The number of unbranched alkanes of at least 4 members (excludes halogenated alkanes) is 3. The Kier molecular flexibility index (Phi) is 6.98. The third kappa shape index (κ3) is 5.99. The van der Waals surface area contributed by atoms with Crippen LogP contribution in [-0.2, 0) is 0 Å². The molecule has 1 aromatic carbocycles. The fourth-order valence-corrected chi connectivity index (χ4v) is 2.06. The van der Waals surface area contributed by atoms with Crippen molar-refractivity contribution in [3.63, 3.8) is 0 Å². The number of hydrogen-bond donors (Lipinski definition) is 1. The molecule has 0 aromatic heterocycles. The van der Waals surface area contributed by atoms with Crippen LogP contribution in [0.2, 0.25) is 0 Å². The van der Waals surface area contributed by atoms with Crippen LogP contribution in [0.15, 0.2) is 18.2 Å². The van der Waals surface area contributed by atoms with Crippen molar-refractivity contribution in [3.05, 3.63) is 34.1 Å². The summed E-state index contributed by atoms with van der Waals surface area (Å²) in [5.41, 5.74) is 0.184. The molecule has 0 fully saturated rings. The summed E-state index contributed by atoms with van der Waals surface area (Å²) in [4.78, 5) is 10.2. The second kappa shape index (κ2) is 8.51. The maximum atomic E-state index is 13.0. The highest BCUT2D eigenvalue weighted by Gasteiger charge is 2.14. The van der Waals surface area contributed by atoms with Gasteiger partial charge in [-0.15, -0.1) is 0 Å². The third-order valence-electron chi connectivity index (χ3n) is 3.18. The lowest BCUT2D eigenvalue weighted by Crippen LogP contribution is -2.04. The van der Waals surface area contributed by atoms with Crippen LogP contribution in [-0.4, -0.2) is 11.5 Å². The van der Waals surface area contributed by atoms with E-state index in [-0.39, 0.29) is 5.69 Å². The van der Waals surface area contributed by atoms with Gasteiger partial charge in [-0.1, -0.05) is 39.5 Å². The van der Waals surface area contributed by atoms with Crippen molar-refractivity contribution in [1.82, 2.24) is 0 Å². The number of halogens is 1. The molecule has 0 saturated heterocycles. The minimum Gasteiger partial charge on any atom is -0.379 e. The first-order valence-electron chi connectivity index (χ1n) is 7.18. The van der Waals surface area contributed by atoms with Crippen LogP contribution in [0, 0.1) is 21.8 Å². The minimum atomic E-state index is -0.587. The van der Waals surface area contributed by atoms with Crippen molar-refractivity contribution in [3.8, 4) is 0 Å². The average molecular weight is 282 g/mol. The molecule has 4 nitrogen and oxygen atoms in total. The Morgan fingerprint density at radius 1 is 1.25 bits per heavy atom. The molecule has 0 heterocycles. The maximum absolute atomic E-state index is 13.0. The molecule has 1 aromatic rings. The summed E-state index contributed by atoms with van der Waals surface area (Å²) < 4.78 is 13.0. The van der Waals surface area contributed by atoms with E-state index in [9.17, 15) is 14.5 Å². The lowest BCUT2D eigenvalue weighted by Gasteiger charge is -2.07. The highest BCUT2D eigenvalue weighted by Crippen LogP contribution is 2.24. The van der Waals surface area contributed by atoms with Crippen molar-refractivity contribution in [1.29, 1.82) is 0 Å². The number of benzene rings is 1. The van der Waals surface area contributed by atoms with Crippen LogP contribution < -0.4 is 5.32 Å². The smallest absolute Gasteiger partial charge is 0.295 e. The Morgan fingerprint density at radius 2 is 1.95 bits per heavy atom. The SMILES string of the molecule is CC(C)CCCCCCNc1ccc(F)cc1[N+](=O)[O-]. The molecule has 0 spiro atoms. The van der Waals surface area contributed by atoms with Crippen molar-refractivity contribution in [2.45, 2.75) is 46.0 Å². The first kappa shape index (κ1) is 16.4. The van der Waals surface area contributed by atoms with Crippen LogP contribution in [0.3, 0.4) is 0 Å². The molecule has 1 rings (SSSR count). The summed E-state index contributed by atoms with van der Waals surface area (Å²) in [7, 11) is 0. The van der Waals surface area contributed by atoms with E-state index in [2.05, 4.69) is 19.2 Å². The molecular formula is C15H23FN2O2. The molecule has 20 heavy (non-hydrogen) atoms. The van der Waals surface area contributed by atoms with Gasteiger partial charge in [-0.2, -0.15) is 0 Å². The van der Waals surface area contributed by atoms with E-state index in [1.807, 2.05) is 0 Å². The molecule has 1 N–H and O–H groups in total. The standard InChI is InChI=1S/C15H23FN2O2/c1-12(2)7-5-3-4-6-10-17-14-9-8-13(16)11-15(14)18(19)20/h8-9,11-12,17H,3-7,10H2,1-2H3. The predicted octanol–water partition coefficient (Wildman–Crippen LogP) is 4.75. The summed E-state index contributed by atoms with van der Waals surface area (Å²) >= 11 is 0. The highest BCUT2D eigenvalue weighted by molar-refractivity contribution is 5.61. The van der Waals surface area contributed by atoms with Gasteiger partial charge >= 0.3 is 0 Å². The molecule has 0 saturated carbocycles. The number of nitro benzene ring substituents is 1. The van der Waals surface area contributed by atoms with E-state index < -0.39 is 10.7 Å². The fourth-order valence-electron chi connectivity index (χ4n) is 2.06. The number of anilines is 1. The molecular weight excluding hydrogens is 259 g/mol. The largest absolute Gasteiger partial charge is 0.379 e. The maximum Gasteiger partial charge on any atom is 0.295 e. The van der Waals surface area contributed by atoms with Gasteiger partial charge in [0.1, 0.15) is 11.5 Å². The first-order valence-corrected chi connectivity index (χ1v) is 7.18. The highest BCUT2D eigenvalue weighted by atomic mass is 19.1. The molecule has 0 aliphatic carbocycles. The monoisotopic (exact) mass is 282 g/mol. The van der Waals surface area contributed by atoms with Crippen LogP contribution in [0.4, 0.5) is 15.8 Å². The van der Waals surface area contributed by atoms with Gasteiger partial charge in [-0.25, -0.2) is 4.39 Å². The Hall–Kier alpha value is -1.65. The molecule has 0 atom stereocenters. The summed E-state index contributed by atoms with van der Waals surface area (Å²) in [6.07, 6.45) is 5.73. The second-order valence-electron chi connectivity index (χ2n) is 5.44. The van der Waals surface area contributed by atoms with Crippen LogP contribution in [0.25, 0.3) is 0 Å². The van der Waals surface area contributed by atoms with E-state index in [4.69, 9.17) is 0 Å². The third-order valence-corrected chi connectivity index (χ3v) is 3.18. The fraction of sp³-hybridized carbons (Fsp3) is 0.600. The number of rotatable bonds is 9. The zero-order valence-corrected chi connectivity index (χ0v) is 12.2. The van der Waals surface area contributed by atoms with Gasteiger partial charge in [0.05, 0.1) is 11.0 Å². The molecule has 0 aliphatic rings. The number of nitrogens with one attached hydrogen (secondary N) is 1. The van der Waals surface area contributed by atoms with Crippen molar-refractivity contribution in [2.75, 3.05) is 11.9 Å². The molecule has 0 bridgehead atoms. The first-order chi connectivity index (χ1) is 9.50. The molecule has 0 radical (unpaired) electrons. The Labute approximate surface area is 119 Å². The number of nitro groups is 1. The minimum absolute atomic E-state index is 0.204. The Bertz CT molecular complexity index is 436. The van der Waals surface area contributed by atoms with E-state index in [0.717, 1.165) is 24.8 Å². The van der Waals surface area contributed by atoms with Gasteiger partial charge < -0.3 is 5.32 Å².